The first-order valence-electron chi connectivity index (χ1n) is 8.52. The standard InChI is InChI=1S/C21H24O4/c1-4-23-18-11-7-16(8-12-18)20(22)14-10-17-9-13-19(24-5-2)15-21(17)25-6-3/h7-15H,4-6H2,1-3H3. The first kappa shape index (κ1) is 18.6. The summed E-state index contributed by atoms with van der Waals surface area (Å²) in [4.78, 5) is 12.3. The second-order valence-electron chi connectivity index (χ2n) is 5.22. The van der Waals surface area contributed by atoms with Crippen LogP contribution in [0.4, 0.5) is 0 Å². The minimum absolute atomic E-state index is 0.0700. The van der Waals surface area contributed by atoms with Gasteiger partial charge in [0, 0.05) is 17.2 Å². The highest BCUT2D eigenvalue weighted by Gasteiger charge is 2.06. The maximum absolute atomic E-state index is 12.3. The van der Waals surface area contributed by atoms with E-state index in [0.29, 0.717) is 31.1 Å². The van der Waals surface area contributed by atoms with E-state index in [-0.39, 0.29) is 5.78 Å². The number of benzene rings is 2. The van der Waals surface area contributed by atoms with E-state index < -0.39 is 0 Å². The van der Waals surface area contributed by atoms with Crippen molar-refractivity contribution in [2.45, 2.75) is 20.8 Å². The van der Waals surface area contributed by atoms with E-state index in [0.717, 1.165) is 17.1 Å². The Hall–Kier alpha value is -2.75. The zero-order valence-electron chi connectivity index (χ0n) is 15.0. The lowest BCUT2D eigenvalue weighted by atomic mass is 10.1. The monoisotopic (exact) mass is 340 g/mol. The van der Waals surface area contributed by atoms with Crippen LogP contribution in [-0.4, -0.2) is 25.6 Å². The fourth-order valence-electron chi connectivity index (χ4n) is 2.33. The van der Waals surface area contributed by atoms with Gasteiger partial charge in [-0.3, -0.25) is 4.79 Å². The van der Waals surface area contributed by atoms with Crippen LogP contribution in [0.15, 0.2) is 48.5 Å². The Bertz CT molecular complexity index is 717. The SMILES string of the molecule is CCOc1ccc(C(=O)C=Cc2ccc(OCC)cc2OCC)cc1. The van der Waals surface area contributed by atoms with Gasteiger partial charge in [0.05, 0.1) is 19.8 Å². The zero-order chi connectivity index (χ0) is 18.1. The number of rotatable bonds is 9. The maximum atomic E-state index is 12.3. The molecule has 0 spiro atoms. The lowest BCUT2D eigenvalue weighted by molar-refractivity contribution is 0.104. The largest absolute Gasteiger partial charge is 0.494 e. The molecule has 0 fully saturated rings. The molecule has 25 heavy (non-hydrogen) atoms. The second kappa shape index (κ2) is 9.52. The van der Waals surface area contributed by atoms with Crippen molar-refractivity contribution in [2.75, 3.05) is 19.8 Å². The highest BCUT2D eigenvalue weighted by Crippen LogP contribution is 2.26. The first-order valence-corrected chi connectivity index (χ1v) is 8.52. The van der Waals surface area contributed by atoms with Crippen molar-refractivity contribution >= 4 is 11.9 Å². The average Bonchev–Trinajstić information content (AvgIpc) is 2.62. The number of ketones is 1. The number of ether oxygens (including phenoxy) is 3. The molecule has 0 atom stereocenters. The number of allylic oxidation sites excluding steroid dienone is 1. The summed E-state index contributed by atoms with van der Waals surface area (Å²) >= 11 is 0. The number of carbonyl (C=O) groups excluding carboxylic acids is 1. The molecule has 0 aromatic heterocycles. The number of hydrogen-bond donors (Lipinski definition) is 0. The summed E-state index contributed by atoms with van der Waals surface area (Å²) < 4.78 is 16.5. The van der Waals surface area contributed by atoms with Crippen molar-refractivity contribution in [3.8, 4) is 17.2 Å². The Morgan fingerprint density at radius 2 is 1.44 bits per heavy atom. The lowest BCUT2D eigenvalue weighted by Crippen LogP contribution is -1.98. The minimum atomic E-state index is -0.0700. The molecule has 2 aromatic carbocycles. The molecule has 2 rings (SSSR count). The fraction of sp³-hybridized carbons (Fsp3) is 0.286. The second-order valence-corrected chi connectivity index (χ2v) is 5.22. The molecule has 0 bridgehead atoms. The Morgan fingerprint density at radius 1 is 0.840 bits per heavy atom. The van der Waals surface area contributed by atoms with Crippen LogP contribution in [0.3, 0.4) is 0 Å². The zero-order valence-corrected chi connectivity index (χ0v) is 15.0. The van der Waals surface area contributed by atoms with Gasteiger partial charge < -0.3 is 14.2 Å². The van der Waals surface area contributed by atoms with Crippen molar-refractivity contribution in [2.24, 2.45) is 0 Å². The third kappa shape index (κ3) is 5.38. The summed E-state index contributed by atoms with van der Waals surface area (Å²) in [5.74, 6) is 2.14. The van der Waals surface area contributed by atoms with Crippen LogP contribution in [0.1, 0.15) is 36.7 Å². The molecule has 0 amide bonds. The van der Waals surface area contributed by atoms with E-state index in [4.69, 9.17) is 14.2 Å². The molecular weight excluding hydrogens is 316 g/mol. The topological polar surface area (TPSA) is 44.8 Å². The van der Waals surface area contributed by atoms with E-state index in [1.165, 1.54) is 0 Å². The van der Waals surface area contributed by atoms with Gasteiger partial charge in [0.15, 0.2) is 5.78 Å². The highest BCUT2D eigenvalue weighted by molar-refractivity contribution is 6.07. The van der Waals surface area contributed by atoms with Crippen LogP contribution in [0, 0.1) is 0 Å². The molecule has 0 aliphatic carbocycles. The Kier molecular flexibility index (Phi) is 7.08. The summed E-state index contributed by atoms with van der Waals surface area (Å²) in [6, 6.07) is 12.7. The molecule has 0 N–H and O–H groups in total. The van der Waals surface area contributed by atoms with E-state index in [1.807, 2.05) is 39.0 Å². The molecule has 0 heterocycles. The molecule has 4 heteroatoms. The van der Waals surface area contributed by atoms with Gasteiger partial charge in [0.25, 0.3) is 0 Å². The van der Waals surface area contributed by atoms with Crippen molar-refractivity contribution in [1.82, 2.24) is 0 Å². The molecule has 0 aliphatic rings. The smallest absolute Gasteiger partial charge is 0.185 e. The van der Waals surface area contributed by atoms with Gasteiger partial charge in [-0.2, -0.15) is 0 Å². The van der Waals surface area contributed by atoms with E-state index >= 15 is 0 Å². The Morgan fingerprint density at radius 3 is 2.08 bits per heavy atom. The predicted molar refractivity (Wildman–Crippen MR) is 99.8 cm³/mol. The molecule has 132 valence electrons. The average molecular weight is 340 g/mol. The van der Waals surface area contributed by atoms with E-state index in [1.54, 1.807) is 36.4 Å². The summed E-state index contributed by atoms with van der Waals surface area (Å²) in [6.07, 6.45) is 3.31. The summed E-state index contributed by atoms with van der Waals surface area (Å²) in [5, 5.41) is 0. The summed E-state index contributed by atoms with van der Waals surface area (Å²) in [6.45, 7) is 7.52. The van der Waals surface area contributed by atoms with Gasteiger partial charge in [-0.15, -0.1) is 0 Å². The Balaban J connectivity index is 2.15. The molecular formula is C21H24O4. The lowest BCUT2D eigenvalue weighted by Gasteiger charge is -2.10. The van der Waals surface area contributed by atoms with Crippen LogP contribution in [-0.2, 0) is 0 Å². The van der Waals surface area contributed by atoms with Crippen LogP contribution >= 0.6 is 0 Å². The summed E-state index contributed by atoms with van der Waals surface area (Å²) in [7, 11) is 0. The molecule has 0 saturated heterocycles. The third-order valence-electron chi connectivity index (χ3n) is 3.46. The van der Waals surface area contributed by atoms with E-state index in [9.17, 15) is 4.79 Å². The number of carbonyl (C=O) groups is 1. The van der Waals surface area contributed by atoms with Crippen LogP contribution in [0.5, 0.6) is 17.2 Å². The van der Waals surface area contributed by atoms with Gasteiger partial charge in [-0.1, -0.05) is 0 Å². The summed E-state index contributed by atoms with van der Waals surface area (Å²) in [5.41, 5.74) is 1.45. The number of hydrogen-bond acceptors (Lipinski definition) is 4. The van der Waals surface area contributed by atoms with Crippen molar-refractivity contribution < 1.29 is 19.0 Å². The molecule has 0 radical (unpaired) electrons. The third-order valence-corrected chi connectivity index (χ3v) is 3.46. The van der Waals surface area contributed by atoms with E-state index in [2.05, 4.69) is 0 Å². The quantitative estimate of drug-likeness (QED) is 0.487. The molecule has 2 aromatic rings. The normalized spacial score (nSPS) is 10.7. The molecule has 0 unspecified atom stereocenters. The van der Waals surface area contributed by atoms with Crippen molar-refractivity contribution in [1.29, 1.82) is 0 Å². The van der Waals surface area contributed by atoms with Crippen LogP contribution in [0.2, 0.25) is 0 Å². The molecule has 0 saturated carbocycles. The predicted octanol–water partition coefficient (Wildman–Crippen LogP) is 4.78. The molecule has 4 nitrogen and oxygen atoms in total. The van der Waals surface area contributed by atoms with Crippen molar-refractivity contribution in [3.63, 3.8) is 0 Å². The Labute approximate surface area is 149 Å². The fourth-order valence-corrected chi connectivity index (χ4v) is 2.33. The van der Waals surface area contributed by atoms with Gasteiger partial charge in [0.1, 0.15) is 17.2 Å². The first-order chi connectivity index (χ1) is 12.2. The van der Waals surface area contributed by atoms with Gasteiger partial charge >= 0.3 is 0 Å². The maximum Gasteiger partial charge on any atom is 0.185 e. The van der Waals surface area contributed by atoms with Gasteiger partial charge in [0.2, 0.25) is 0 Å². The van der Waals surface area contributed by atoms with Gasteiger partial charge in [-0.25, -0.2) is 0 Å². The van der Waals surface area contributed by atoms with Crippen LogP contribution in [0.25, 0.3) is 6.08 Å². The van der Waals surface area contributed by atoms with Crippen LogP contribution < -0.4 is 14.2 Å². The van der Waals surface area contributed by atoms with Crippen molar-refractivity contribution in [3.05, 3.63) is 59.7 Å². The van der Waals surface area contributed by atoms with Gasteiger partial charge in [-0.05, 0) is 69.3 Å². The highest BCUT2D eigenvalue weighted by atomic mass is 16.5. The molecule has 0 aliphatic heterocycles. The minimum Gasteiger partial charge on any atom is -0.494 e.